The molecule has 0 aliphatic heterocycles. The van der Waals surface area contributed by atoms with Gasteiger partial charge in [-0.1, -0.05) is 37.4 Å². The van der Waals surface area contributed by atoms with Gasteiger partial charge in [-0.05, 0) is 42.0 Å². The van der Waals surface area contributed by atoms with Gasteiger partial charge in [0.25, 0.3) is 11.8 Å². The van der Waals surface area contributed by atoms with Crippen LogP contribution < -0.4 is 15.4 Å². The predicted molar refractivity (Wildman–Crippen MR) is 111 cm³/mol. The molecule has 0 aromatic heterocycles. The van der Waals surface area contributed by atoms with Crippen LogP contribution in [0.1, 0.15) is 15.9 Å². The average Bonchev–Trinajstić information content (AvgIpc) is 2.72. The monoisotopic (exact) mass is 408 g/mol. The molecule has 0 heterocycles. The molecule has 0 fully saturated rings. The maximum absolute atomic E-state index is 12.5. The number of phenols is 1. The molecule has 0 radical (unpaired) electrons. The number of rotatable bonds is 9. The Morgan fingerprint density at radius 2 is 1.73 bits per heavy atom. The van der Waals surface area contributed by atoms with Gasteiger partial charge in [0.2, 0.25) is 0 Å². The van der Waals surface area contributed by atoms with Crippen molar-refractivity contribution in [2.75, 3.05) is 6.54 Å². The summed E-state index contributed by atoms with van der Waals surface area (Å²) in [5, 5.41) is 23.2. The van der Waals surface area contributed by atoms with Crippen molar-refractivity contribution in [2.45, 2.75) is 0 Å². The van der Waals surface area contributed by atoms with Crippen molar-refractivity contribution in [3.63, 3.8) is 0 Å². The van der Waals surface area contributed by atoms with Crippen LogP contribution in [0.15, 0.2) is 79.2 Å². The normalized spacial score (nSPS) is 10.6. The molecule has 154 valence electrons. The zero-order valence-electron chi connectivity index (χ0n) is 15.9. The number of phenolic OH excluding ortho intramolecular Hbond substituents is 1. The van der Waals surface area contributed by atoms with Gasteiger partial charge in [0.05, 0.1) is 5.56 Å². The van der Waals surface area contributed by atoms with Crippen LogP contribution >= 0.6 is 0 Å². The molecule has 0 spiro atoms. The summed E-state index contributed by atoms with van der Waals surface area (Å²) in [6.07, 6.45) is 2.81. The molecule has 8 nitrogen and oxygen atoms in total. The number of hydrogen-bond acceptors (Lipinski definition) is 5. The van der Waals surface area contributed by atoms with E-state index in [4.69, 9.17) is 9.84 Å². The van der Waals surface area contributed by atoms with E-state index in [9.17, 15) is 19.5 Å². The first kappa shape index (κ1) is 22.0. The predicted octanol–water partition coefficient (Wildman–Crippen LogP) is 2.44. The Bertz CT molecular complexity index is 1010. The Hall–Kier alpha value is -4.33. The minimum absolute atomic E-state index is 0.0406. The Balaban J connectivity index is 2.28. The fourth-order valence-electron chi connectivity index (χ4n) is 2.26. The molecule has 0 aliphatic rings. The summed E-state index contributed by atoms with van der Waals surface area (Å²) in [5.41, 5.74) is 0.291. The lowest BCUT2D eigenvalue weighted by molar-refractivity contribution is -0.137. The summed E-state index contributed by atoms with van der Waals surface area (Å²) in [6.45, 7) is 6.56. The van der Waals surface area contributed by atoms with E-state index in [-0.39, 0.29) is 17.0 Å². The van der Waals surface area contributed by atoms with Crippen molar-refractivity contribution in [3.05, 3.63) is 90.3 Å². The highest BCUT2D eigenvalue weighted by molar-refractivity contribution is 6.06. The second kappa shape index (κ2) is 10.3. The lowest BCUT2D eigenvalue weighted by Gasteiger charge is -2.11. The number of carbonyl (C=O) groups excluding carboxylic acids is 2. The summed E-state index contributed by atoms with van der Waals surface area (Å²) < 4.78 is 5.40. The summed E-state index contributed by atoms with van der Waals surface area (Å²) in [4.78, 5) is 35.6. The highest BCUT2D eigenvalue weighted by Gasteiger charge is 2.17. The highest BCUT2D eigenvalue weighted by Crippen LogP contribution is 2.18. The third kappa shape index (κ3) is 6.38. The van der Waals surface area contributed by atoms with Gasteiger partial charge in [0.1, 0.15) is 29.5 Å². The molecule has 2 aromatic carbocycles. The zero-order chi connectivity index (χ0) is 22.1. The van der Waals surface area contributed by atoms with Gasteiger partial charge in [0.15, 0.2) is 0 Å². The number of amides is 2. The van der Waals surface area contributed by atoms with Crippen LogP contribution in [0.3, 0.4) is 0 Å². The summed E-state index contributed by atoms with van der Waals surface area (Å²) in [5.74, 6) is -2.18. The maximum Gasteiger partial charge on any atom is 0.322 e. The van der Waals surface area contributed by atoms with E-state index in [1.165, 1.54) is 24.3 Å². The third-order valence-corrected chi connectivity index (χ3v) is 3.71. The number of para-hydroxylation sites is 1. The Morgan fingerprint density at radius 3 is 2.33 bits per heavy atom. The minimum Gasteiger partial charge on any atom is -0.507 e. The van der Waals surface area contributed by atoms with E-state index in [0.29, 0.717) is 17.1 Å². The van der Waals surface area contributed by atoms with Crippen LogP contribution in [0, 0.1) is 0 Å². The number of carbonyl (C=O) groups is 3. The topological polar surface area (TPSA) is 125 Å². The number of hydrogen-bond donors (Lipinski definition) is 4. The molecule has 2 amide bonds. The molecular weight excluding hydrogens is 388 g/mol. The maximum atomic E-state index is 12.5. The van der Waals surface area contributed by atoms with Crippen molar-refractivity contribution in [1.82, 2.24) is 10.6 Å². The SMILES string of the molecule is C=CC(=C)Oc1ccc(C=C(NC(=O)c2ccccc2O)C(=O)NCC(=O)O)cc1. The van der Waals surface area contributed by atoms with Crippen LogP contribution in [0.2, 0.25) is 0 Å². The van der Waals surface area contributed by atoms with Crippen LogP contribution in [-0.4, -0.2) is 34.5 Å². The van der Waals surface area contributed by atoms with Crippen molar-refractivity contribution >= 4 is 23.9 Å². The van der Waals surface area contributed by atoms with E-state index in [1.807, 2.05) is 0 Å². The van der Waals surface area contributed by atoms with E-state index in [2.05, 4.69) is 23.8 Å². The molecule has 0 bridgehead atoms. The second-order valence-corrected chi connectivity index (χ2v) is 5.95. The van der Waals surface area contributed by atoms with Gasteiger partial charge in [-0.25, -0.2) is 0 Å². The number of nitrogens with one attached hydrogen (secondary N) is 2. The van der Waals surface area contributed by atoms with Crippen LogP contribution in [0.4, 0.5) is 0 Å². The molecule has 0 saturated carbocycles. The smallest absolute Gasteiger partial charge is 0.322 e. The lowest BCUT2D eigenvalue weighted by Crippen LogP contribution is -2.37. The summed E-state index contributed by atoms with van der Waals surface area (Å²) >= 11 is 0. The summed E-state index contributed by atoms with van der Waals surface area (Å²) in [6, 6.07) is 12.3. The van der Waals surface area contributed by atoms with E-state index in [1.54, 1.807) is 36.4 Å². The number of allylic oxidation sites excluding steroid dienone is 1. The quantitative estimate of drug-likeness (QED) is 0.287. The Morgan fingerprint density at radius 1 is 1.07 bits per heavy atom. The van der Waals surface area contributed by atoms with Gasteiger partial charge in [-0.15, -0.1) is 0 Å². The molecule has 2 rings (SSSR count). The Labute approximate surface area is 172 Å². The molecule has 30 heavy (non-hydrogen) atoms. The molecule has 0 saturated heterocycles. The molecule has 0 unspecified atom stereocenters. The number of aromatic hydroxyl groups is 1. The van der Waals surface area contributed by atoms with Gasteiger partial charge in [-0.3, -0.25) is 14.4 Å². The van der Waals surface area contributed by atoms with Crippen LogP contribution in [-0.2, 0) is 9.59 Å². The van der Waals surface area contributed by atoms with E-state index in [0.717, 1.165) is 0 Å². The fourth-order valence-corrected chi connectivity index (χ4v) is 2.26. The van der Waals surface area contributed by atoms with Gasteiger partial charge in [0, 0.05) is 0 Å². The molecule has 0 aliphatic carbocycles. The van der Waals surface area contributed by atoms with Crippen molar-refractivity contribution in [2.24, 2.45) is 0 Å². The van der Waals surface area contributed by atoms with Crippen LogP contribution in [0.5, 0.6) is 11.5 Å². The first-order valence-electron chi connectivity index (χ1n) is 8.70. The van der Waals surface area contributed by atoms with Crippen molar-refractivity contribution < 1.29 is 29.3 Å². The molecule has 0 atom stereocenters. The standard InChI is InChI=1S/C22H20N2O6/c1-3-14(2)30-16-10-8-15(9-11-16)12-18(22(29)23-13-20(26)27)24-21(28)17-6-4-5-7-19(17)25/h3-12,25H,1-2,13H2,(H,23,29)(H,24,28)(H,26,27). The fraction of sp³-hybridized carbons (Fsp3) is 0.0455. The highest BCUT2D eigenvalue weighted by atomic mass is 16.5. The number of ether oxygens (including phenoxy) is 1. The lowest BCUT2D eigenvalue weighted by atomic mass is 10.1. The number of benzene rings is 2. The molecule has 8 heteroatoms. The molecule has 2 aromatic rings. The van der Waals surface area contributed by atoms with Crippen molar-refractivity contribution in [1.29, 1.82) is 0 Å². The number of carboxylic acids is 1. The minimum atomic E-state index is -1.24. The largest absolute Gasteiger partial charge is 0.507 e. The average molecular weight is 408 g/mol. The van der Waals surface area contributed by atoms with Gasteiger partial charge >= 0.3 is 5.97 Å². The first-order chi connectivity index (χ1) is 14.3. The van der Waals surface area contributed by atoms with Crippen LogP contribution in [0.25, 0.3) is 6.08 Å². The zero-order valence-corrected chi connectivity index (χ0v) is 15.9. The van der Waals surface area contributed by atoms with Gasteiger partial charge in [-0.2, -0.15) is 0 Å². The van der Waals surface area contributed by atoms with Gasteiger partial charge < -0.3 is 25.6 Å². The number of aliphatic carboxylic acids is 1. The second-order valence-electron chi connectivity index (χ2n) is 5.95. The summed E-state index contributed by atoms with van der Waals surface area (Å²) in [7, 11) is 0. The number of carboxylic acid groups (broad SMARTS) is 1. The first-order valence-corrected chi connectivity index (χ1v) is 8.70. The molecule has 4 N–H and O–H groups in total. The Kier molecular flexibility index (Phi) is 7.53. The van der Waals surface area contributed by atoms with E-state index < -0.39 is 24.3 Å². The van der Waals surface area contributed by atoms with Crippen molar-refractivity contribution in [3.8, 4) is 11.5 Å². The van der Waals surface area contributed by atoms with E-state index >= 15 is 0 Å². The molecular formula is C22H20N2O6. The third-order valence-electron chi connectivity index (χ3n) is 3.71.